The van der Waals surface area contributed by atoms with Crippen molar-refractivity contribution >= 4 is 19.8 Å². The van der Waals surface area contributed by atoms with E-state index in [4.69, 9.17) is 18.5 Å². The van der Waals surface area contributed by atoms with Crippen molar-refractivity contribution in [2.75, 3.05) is 13.2 Å². The second-order valence-electron chi connectivity index (χ2n) is 16.5. The van der Waals surface area contributed by atoms with Crippen molar-refractivity contribution in [2.45, 2.75) is 198 Å². The third-order valence-electron chi connectivity index (χ3n) is 10.5. The lowest BCUT2D eigenvalue weighted by atomic mass is 9.85. The number of unbranched alkanes of at least 4 members (excludes halogenated alkanes) is 9. The second-order valence-corrected chi connectivity index (χ2v) is 17.9. The number of phosphoric acid groups is 1. The minimum atomic E-state index is -5.19. The zero-order valence-electron chi connectivity index (χ0n) is 39.6. The van der Waals surface area contributed by atoms with E-state index >= 15 is 0 Å². The Morgan fingerprint density at radius 3 is 1.52 bits per heavy atom. The summed E-state index contributed by atoms with van der Waals surface area (Å²) >= 11 is 0. The number of phosphoric ester groups is 1. The first kappa shape index (κ1) is 60.7. The number of allylic oxidation sites excluding steroid dienone is 15. The number of aliphatic hydroxyl groups excluding tert-OH is 6. The molecule has 1 fully saturated rings. The molecule has 1 aliphatic carbocycles. The van der Waals surface area contributed by atoms with Gasteiger partial charge in [-0.25, -0.2) is 4.57 Å². The van der Waals surface area contributed by atoms with Crippen LogP contribution in [0.2, 0.25) is 0 Å². The number of ether oxygens (including phenoxy) is 2. The van der Waals surface area contributed by atoms with Gasteiger partial charge >= 0.3 is 19.8 Å². The van der Waals surface area contributed by atoms with Crippen LogP contribution in [0.15, 0.2) is 97.2 Å². The molecule has 0 radical (unpaired) electrons. The maximum absolute atomic E-state index is 12.8. The van der Waals surface area contributed by atoms with Crippen LogP contribution in [0.3, 0.4) is 0 Å². The summed E-state index contributed by atoms with van der Waals surface area (Å²) in [6.07, 6.45) is 36.1. The number of carbonyl (C=O) groups excluding carboxylic acids is 2. The number of hydrogen-bond donors (Lipinski definition) is 7. The number of aliphatic hydroxyl groups is 6. The van der Waals surface area contributed by atoms with Crippen LogP contribution in [0, 0.1) is 0 Å². The van der Waals surface area contributed by atoms with Gasteiger partial charge in [-0.1, -0.05) is 143 Å². The minimum absolute atomic E-state index is 0.0832. The van der Waals surface area contributed by atoms with Crippen LogP contribution >= 0.6 is 7.82 Å². The van der Waals surface area contributed by atoms with Gasteiger partial charge in [0.15, 0.2) is 6.10 Å². The molecule has 0 aliphatic heterocycles. The summed E-state index contributed by atoms with van der Waals surface area (Å²) in [5, 5.41) is 60.5. The molecule has 0 aromatic heterocycles. The van der Waals surface area contributed by atoms with Gasteiger partial charge in [0.2, 0.25) is 0 Å². The summed E-state index contributed by atoms with van der Waals surface area (Å²) in [5.41, 5.74) is 0. The van der Waals surface area contributed by atoms with Crippen LogP contribution in [-0.4, -0.2) is 110 Å². The molecule has 0 aromatic rings. The Kier molecular flexibility index (Phi) is 36.5. The molecule has 66 heavy (non-hydrogen) atoms. The fourth-order valence-electron chi connectivity index (χ4n) is 6.55. The summed E-state index contributed by atoms with van der Waals surface area (Å²) in [6, 6.07) is 0. The van der Waals surface area contributed by atoms with Gasteiger partial charge in [-0.15, -0.1) is 0 Å². The molecular formula is C51H83O14P. The first-order chi connectivity index (χ1) is 31.8. The summed E-state index contributed by atoms with van der Waals surface area (Å²) in [7, 11) is -5.19. The van der Waals surface area contributed by atoms with Gasteiger partial charge in [0, 0.05) is 12.8 Å². The number of hydrogen-bond acceptors (Lipinski definition) is 13. The van der Waals surface area contributed by atoms with Gasteiger partial charge < -0.3 is 45.0 Å². The first-order valence-electron chi connectivity index (χ1n) is 24.1. The highest BCUT2D eigenvalue weighted by molar-refractivity contribution is 7.47. The summed E-state index contributed by atoms with van der Waals surface area (Å²) in [6.45, 7) is 3.04. The van der Waals surface area contributed by atoms with E-state index in [9.17, 15) is 49.7 Å². The van der Waals surface area contributed by atoms with Crippen molar-refractivity contribution < 1.29 is 68.2 Å². The second kappa shape index (κ2) is 39.7. The van der Waals surface area contributed by atoms with Gasteiger partial charge in [-0.3, -0.25) is 18.6 Å². The number of rotatable bonds is 38. The Bertz CT molecular complexity index is 1540. The highest BCUT2D eigenvalue weighted by atomic mass is 31.2. The molecular weight excluding hydrogens is 868 g/mol. The zero-order valence-corrected chi connectivity index (χ0v) is 40.4. The molecule has 0 heterocycles. The quantitative estimate of drug-likeness (QED) is 0.0101. The van der Waals surface area contributed by atoms with Crippen molar-refractivity contribution in [3.63, 3.8) is 0 Å². The standard InChI is InChI=1S/C51H83O14P/c1-3-5-7-9-11-13-15-17-18-19-20-21-22-24-26-28-30-32-34-38-44(53)62-40-43(41-63-66(60,61)65-51-49(58)47(56)46(55)48(57)50(51)59)64-45(54)39-35-37-42(52)36-33-31-29-27-25-23-16-14-12-10-8-6-4-2/h11-14,17-18,20-21,23-26,29,31,33,36,42-43,46-52,55-59H,3-10,15-16,19,22,27-28,30,32,34-35,37-41H2,1-2H3,(H,60,61)/b13-11-,14-12-,18-17-,21-20-,25-23-,26-24-,31-29-,36-33+/t42-,43+,46?,47-,48+,49+,50+,51?/m0/s1. The lowest BCUT2D eigenvalue weighted by molar-refractivity contribution is -0.220. The molecule has 376 valence electrons. The van der Waals surface area contributed by atoms with E-state index in [1.807, 2.05) is 12.2 Å². The molecule has 15 heteroatoms. The van der Waals surface area contributed by atoms with Crippen molar-refractivity contribution in [1.29, 1.82) is 0 Å². The van der Waals surface area contributed by atoms with Crippen molar-refractivity contribution in [2.24, 2.45) is 0 Å². The lowest BCUT2D eigenvalue weighted by Crippen LogP contribution is -2.64. The van der Waals surface area contributed by atoms with Crippen molar-refractivity contribution in [1.82, 2.24) is 0 Å². The third-order valence-corrected chi connectivity index (χ3v) is 11.5. The van der Waals surface area contributed by atoms with Crippen LogP contribution in [0.1, 0.15) is 149 Å². The molecule has 1 aliphatic rings. The molecule has 0 aromatic carbocycles. The maximum atomic E-state index is 12.8. The van der Waals surface area contributed by atoms with Crippen molar-refractivity contribution in [3.05, 3.63) is 97.2 Å². The Morgan fingerprint density at radius 1 is 0.545 bits per heavy atom. The first-order valence-corrected chi connectivity index (χ1v) is 25.6. The van der Waals surface area contributed by atoms with E-state index in [1.165, 1.54) is 38.5 Å². The average Bonchev–Trinajstić information content (AvgIpc) is 3.29. The Labute approximate surface area is 394 Å². The van der Waals surface area contributed by atoms with Crippen LogP contribution in [0.4, 0.5) is 0 Å². The molecule has 0 amide bonds. The monoisotopic (exact) mass is 951 g/mol. The van der Waals surface area contributed by atoms with Gasteiger partial charge in [0.25, 0.3) is 0 Å². The molecule has 7 N–H and O–H groups in total. The number of carbonyl (C=O) groups is 2. The fraction of sp³-hybridized carbons (Fsp3) is 0.647. The summed E-state index contributed by atoms with van der Waals surface area (Å²) in [4.78, 5) is 35.8. The van der Waals surface area contributed by atoms with Gasteiger partial charge in [-0.05, 0) is 89.9 Å². The van der Waals surface area contributed by atoms with E-state index < -0.39 is 81.8 Å². The molecule has 0 bridgehead atoms. The van der Waals surface area contributed by atoms with Crippen molar-refractivity contribution in [3.8, 4) is 0 Å². The van der Waals surface area contributed by atoms with Crippen LogP contribution < -0.4 is 0 Å². The average molecular weight is 951 g/mol. The maximum Gasteiger partial charge on any atom is 0.472 e. The summed E-state index contributed by atoms with van der Waals surface area (Å²) in [5.74, 6) is -1.35. The predicted molar refractivity (Wildman–Crippen MR) is 259 cm³/mol. The molecule has 3 unspecified atom stereocenters. The van der Waals surface area contributed by atoms with Gasteiger partial charge in [0.1, 0.15) is 43.2 Å². The summed E-state index contributed by atoms with van der Waals surface area (Å²) < 4.78 is 33.4. The Hall–Kier alpha value is -3.27. The smallest absolute Gasteiger partial charge is 0.462 e. The zero-order chi connectivity index (χ0) is 48.7. The van der Waals surface area contributed by atoms with Crippen LogP contribution in [0.25, 0.3) is 0 Å². The minimum Gasteiger partial charge on any atom is -0.462 e. The van der Waals surface area contributed by atoms with Crippen LogP contribution in [-0.2, 0) is 32.7 Å². The van der Waals surface area contributed by atoms with Gasteiger partial charge in [0.05, 0.1) is 12.7 Å². The van der Waals surface area contributed by atoms with E-state index in [0.717, 1.165) is 64.2 Å². The molecule has 0 spiro atoms. The molecule has 9 atom stereocenters. The molecule has 14 nitrogen and oxygen atoms in total. The van der Waals surface area contributed by atoms with Crippen LogP contribution in [0.5, 0.6) is 0 Å². The fourth-order valence-corrected chi connectivity index (χ4v) is 7.52. The van der Waals surface area contributed by atoms with Gasteiger partial charge in [-0.2, -0.15) is 0 Å². The largest absolute Gasteiger partial charge is 0.472 e. The predicted octanol–water partition coefficient (Wildman–Crippen LogP) is 8.80. The lowest BCUT2D eigenvalue weighted by Gasteiger charge is -2.41. The highest BCUT2D eigenvalue weighted by Gasteiger charge is 2.51. The molecule has 1 saturated carbocycles. The Balaban J connectivity index is 2.57. The third kappa shape index (κ3) is 31.7. The van der Waals surface area contributed by atoms with E-state index in [0.29, 0.717) is 6.42 Å². The van der Waals surface area contributed by atoms with E-state index in [-0.39, 0.29) is 25.7 Å². The number of esters is 2. The topological polar surface area (TPSA) is 230 Å². The van der Waals surface area contributed by atoms with E-state index in [2.05, 4.69) is 86.8 Å². The normalized spacial score (nSPS) is 22.6. The highest BCUT2D eigenvalue weighted by Crippen LogP contribution is 2.47. The Morgan fingerprint density at radius 2 is 1.00 bits per heavy atom. The van der Waals surface area contributed by atoms with E-state index in [1.54, 1.807) is 12.2 Å². The molecule has 1 rings (SSSR count). The molecule has 0 saturated heterocycles. The SMILES string of the molecule is CCCCC/C=C\C/C=C\C/C=C\C=C\[C@H](O)CCCC(=O)O[C@H](COC(=O)CCCCC/C=C\C/C=C\C/C=C\C/C=C\CCCCC)COP(=O)(O)OC1[C@H](O)[C@H](O)C(O)[C@H](O)[C@H]1O.